The minimum absolute atomic E-state index is 0.746. The van der Waals surface area contributed by atoms with Gasteiger partial charge in [-0.05, 0) is 76.1 Å². The van der Waals surface area contributed by atoms with Crippen molar-refractivity contribution in [3.05, 3.63) is 176 Å². The molecule has 8 aromatic rings. The first-order chi connectivity index (χ1) is 21.8. The third-order valence-electron chi connectivity index (χ3n) is 8.14. The Hall–Kier alpha value is -5.30. The van der Waals surface area contributed by atoms with Gasteiger partial charge in [-0.1, -0.05) is 146 Å². The molecule has 1 heterocycles. The number of hydrogen-bond acceptors (Lipinski definition) is 1. The average molecular weight is 581 g/mol. The van der Waals surface area contributed by atoms with Gasteiger partial charge in [0, 0.05) is 11.3 Å². The van der Waals surface area contributed by atoms with Gasteiger partial charge in [-0.15, -0.1) is 0 Å². The van der Waals surface area contributed by atoms with Gasteiger partial charge >= 0.3 is 0 Å². The molecular weight excluding hydrogens is 551 g/mol. The van der Waals surface area contributed by atoms with Crippen LogP contribution >= 0.6 is 7.92 Å². The second-order valence-electron chi connectivity index (χ2n) is 10.9. The molecule has 0 aliphatic rings. The van der Waals surface area contributed by atoms with E-state index < -0.39 is 7.92 Å². The van der Waals surface area contributed by atoms with Crippen LogP contribution in [0.5, 0.6) is 0 Å². The van der Waals surface area contributed by atoms with Crippen LogP contribution < -0.4 is 15.9 Å². The molecule has 44 heavy (non-hydrogen) atoms. The van der Waals surface area contributed by atoms with Crippen molar-refractivity contribution >= 4 is 45.6 Å². The van der Waals surface area contributed by atoms with Gasteiger partial charge in [0.15, 0.2) is 0 Å². The highest BCUT2D eigenvalue weighted by Gasteiger charge is 2.20. The van der Waals surface area contributed by atoms with E-state index in [1.54, 1.807) is 0 Å². The van der Waals surface area contributed by atoms with Crippen molar-refractivity contribution in [1.29, 1.82) is 0 Å². The van der Waals surface area contributed by atoms with Crippen LogP contribution in [0.3, 0.4) is 0 Å². The molecule has 0 radical (unpaired) electrons. The third kappa shape index (κ3) is 4.90. The highest BCUT2D eigenvalue weighted by atomic mass is 31.1. The van der Waals surface area contributed by atoms with Gasteiger partial charge in [0.05, 0.1) is 11.0 Å². The number of nitrogens with zero attached hydrogens (tertiary/aromatic N) is 2. The van der Waals surface area contributed by atoms with Crippen molar-refractivity contribution in [2.24, 2.45) is 0 Å². The van der Waals surface area contributed by atoms with Gasteiger partial charge < -0.3 is 0 Å². The van der Waals surface area contributed by atoms with E-state index in [0.717, 1.165) is 28.1 Å². The lowest BCUT2D eigenvalue weighted by molar-refractivity contribution is 1.10. The predicted octanol–water partition coefficient (Wildman–Crippen LogP) is 9.27. The molecule has 2 nitrogen and oxygen atoms in total. The molecule has 0 saturated heterocycles. The van der Waals surface area contributed by atoms with Crippen LogP contribution in [0.25, 0.3) is 50.0 Å². The summed E-state index contributed by atoms with van der Waals surface area (Å²) in [7, 11) is -0.746. The minimum Gasteiger partial charge on any atom is -0.292 e. The molecule has 0 atom stereocenters. The molecule has 0 saturated carbocycles. The molecule has 0 bridgehead atoms. The Labute approximate surface area is 258 Å². The maximum absolute atomic E-state index is 5.22. The fraction of sp³-hybridized carbons (Fsp3) is 0. The van der Waals surface area contributed by atoms with Gasteiger partial charge in [-0.3, -0.25) is 4.57 Å². The molecule has 0 aliphatic heterocycles. The molecule has 0 fully saturated rings. The van der Waals surface area contributed by atoms with E-state index in [4.69, 9.17) is 4.98 Å². The lowest BCUT2D eigenvalue weighted by Crippen LogP contribution is -2.20. The zero-order valence-corrected chi connectivity index (χ0v) is 25.0. The van der Waals surface area contributed by atoms with Gasteiger partial charge in [-0.25, -0.2) is 4.98 Å². The number of imidazole rings is 1. The summed E-state index contributed by atoms with van der Waals surface area (Å²) in [6.07, 6.45) is 0. The highest BCUT2D eigenvalue weighted by molar-refractivity contribution is 7.79. The van der Waals surface area contributed by atoms with Crippen LogP contribution in [0.4, 0.5) is 0 Å². The Morgan fingerprint density at radius 3 is 1.75 bits per heavy atom. The second-order valence-corrected chi connectivity index (χ2v) is 13.1. The Morgan fingerprint density at radius 1 is 0.409 bits per heavy atom. The van der Waals surface area contributed by atoms with E-state index in [9.17, 15) is 0 Å². The average Bonchev–Trinajstić information content (AvgIpc) is 3.49. The van der Waals surface area contributed by atoms with Gasteiger partial charge in [-0.2, -0.15) is 0 Å². The standard InChI is InChI=1S/C41H29N2P/c1-4-14-31(15-5-1)41-42-39-26-25-38(44(36-19-6-2-7-20-36)37-21-8-3-9-22-37)29-40(39)43(41)35-18-12-17-33(28-35)34-24-23-30-13-10-11-16-32(30)27-34/h1-29H. The van der Waals surface area contributed by atoms with Crippen molar-refractivity contribution in [3.63, 3.8) is 0 Å². The molecular formula is C41H29N2P. The highest BCUT2D eigenvalue weighted by Crippen LogP contribution is 2.36. The van der Waals surface area contributed by atoms with E-state index >= 15 is 0 Å². The van der Waals surface area contributed by atoms with Crippen molar-refractivity contribution in [3.8, 4) is 28.2 Å². The van der Waals surface area contributed by atoms with Crippen molar-refractivity contribution in [1.82, 2.24) is 9.55 Å². The van der Waals surface area contributed by atoms with E-state index in [-0.39, 0.29) is 0 Å². The van der Waals surface area contributed by atoms with Gasteiger partial charge in [0.2, 0.25) is 0 Å². The van der Waals surface area contributed by atoms with E-state index in [1.165, 1.54) is 37.8 Å². The predicted molar refractivity (Wildman–Crippen MR) is 188 cm³/mol. The summed E-state index contributed by atoms with van der Waals surface area (Å²) in [5, 5.41) is 6.46. The number of rotatable bonds is 6. The van der Waals surface area contributed by atoms with E-state index in [0.29, 0.717) is 0 Å². The molecule has 0 unspecified atom stereocenters. The van der Waals surface area contributed by atoms with Crippen LogP contribution in [-0.2, 0) is 0 Å². The first kappa shape index (κ1) is 26.3. The molecule has 1 aromatic heterocycles. The second kappa shape index (κ2) is 11.4. The summed E-state index contributed by atoms with van der Waals surface area (Å²) in [4.78, 5) is 5.22. The first-order valence-electron chi connectivity index (χ1n) is 14.9. The maximum atomic E-state index is 5.22. The third-order valence-corrected chi connectivity index (χ3v) is 10.6. The molecule has 208 valence electrons. The molecule has 0 amide bonds. The summed E-state index contributed by atoms with van der Waals surface area (Å²) in [5.41, 5.74) is 6.67. The van der Waals surface area contributed by atoms with Gasteiger partial charge in [0.25, 0.3) is 0 Å². The van der Waals surface area contributed by atoms with Crippen LogP contribution in [0.15, 0.2) is 176 Å². The zero-order valence-electron chi connectivity index (χ0n) is 24.1. The molecule has 0 spiro atoms. The fourth-order valence-corrected chi connectivity index (χ4v) is 8.35. The Kier molecular flexibility index (Phi) is 6.83. The van der Waals surface area contributed by atoms with Crippen LogP contribution in [0, 0.1) is 0 Å². The largest absolute Gasteiger partial charge is 0.292 e. The maximum Gasteiger partial charge on any atom is 0.145 e. The summed E-state index contributed by atoms with van der Waals surface area (Å²) < 4.78 is 2.34. The SMILES string of the molecule is c1ccc(-c2nc3ccc(P(c4ccccc4)c4ccccc4)cc3n2-c2cccc(-c3ccc4ccccc4c3)c2)cc1. The quantitative estimate of drug-likeness (QED) is 0.179. The van der Waals surface area contributed by atoms with E-state index in [2.05, 4.69) is 180 Å². The smallest absolute Gasteiger partial charge is 0.145 e. The fourth-order valence-electron chi connectivity index (χ4n) is 6.04. The summed E-state index contributed by atoms with van der Waals surface area (Å²) in [5.74, 6) is 0.942. The summed E-state index contributed by atoms with van der Waals surface area (Å²) >= 11 is 0. The number of fused-ring (bicyclic) bond motifs is 2. The Balaban J connectivity index is 1.34. The Morgan fingerprint density at radius 2 is 1.02 bits per heavy atom. The summed E-state index contributed by atoms with van der Waals surface area (Å²) in [6.45, 7) is 0. The van der Waals surface area contributed by atoms with Gasteiger partial charge in [0.1, 0.15) is 5.82 Å². The minimum atomic E-state index is -0.746. The molecule has 3 heteroatoms. The first-order valence-corrected chi connectivity index (χ1v) is 16.2. The number of aromatic nitrogens is 2. The number of benzene rings is 7. The van der Waals surface area contributed by atoms with Crippen molar-refractivity contribution < 1.29 is 0 Å². The van der Waals surface area contributed by atoms with Crippen molar-refractivity contribution in [2.75, 3.05) is 0 Å². The Bertz CT molecular complexity index is 2180. The summed E-state index contributed by atoms with van der Waals surface area (Å²) in [6, 6.07) is 63.2. The molecule has 7 aromatic carbocycles. The topological polar surface area (TPSA) is 17.8 Å². The van der Waals surface area contributed by atoms with Crippen LogP contribution in [0.1, 0.15) is 0 Å². The van der Waals surface area contributed by atoms with Crippen molar-refractivity contribution in [2.45, 2.75) is 0 Å². The van der Waals surface area contributed by atoms with E-state index in [1.807, 2.05) is 0 Å². The molecule has 0 aliphatic carbocycles. The molecule has 0 N–H and O–H groups in total. The zero-order chi connectivity index (χ0) is 29.3. The number of hydrogen-bond donors (Lipinski definition) is 0. The lowest BCUT2D eigenvalue weighted by Gasteiger charge is -2.20. The van der Waals surface area contributed by atoms with Crippen LogP contribution in [0.2, 0.25) is 0 Å². The molecule has 8 rings (SSSR count). The monoisotopic (exact) mass is 580 g/mol. The lowest BCUT2D eigenvalue weighted by atomic mass is 10.0. The van der Waals surface area contributed by atoms with Crippen LogP contribution in [-0.4, -0.2) is 9.55 Å². The normalized spacial score (nSPS) is 11.4.